The summed E-state index contributed by atoms with van der Waals surface area (Å²) in [6, 6.07) is 54.9. The van der Waals surface area contributed by atoms with Gasteiger partial charge in [-0.1, -0.05) is 203 Å². The molecule has 0 saturated carbocycles. The maximum Gasteiger partial charge on any atom is 0.0920 e. The quantitative estimate of drug-likeness (QED) is 0.115. The third-order valence-electron chi connectivity index (χ3n) is 12.9. The molecule has 9 rings (SSSR count). The topological polar surface area (TPSA) is 0 Å². The van der Waals surface area contributed by atoms with Gasteiger partial charge in [-0.2, -0.15) is 41.6 Å². The van der Waals surface area contributed by atoms with Crippen molar-refractivity contribution < 1.29 is 20.8 Å². The summed E-state index contributed by atoms with van der Waals surface area (Å²) in [5, 5.41) is 8.36. The summed E-state index contributed by atoms with van der Waals surface area (Å²) in [6.45, 7) is 32.2. The molecule has 0 unspecified atom stereocenters. The third kappa shape index (κ3) is 11.7. The second-order valence-corrected chi connectivity index (χ2v) is 26.1. The number of rotatable bonds is 6. The first-order chi connectivity index (χ1) is 31.3. The predicted molar refractivity (Wildman–Crippen MR) is 291 cm³/mol. The fourth-order valence-corrected chi connectivity index (χ4v) is 10.5. The summed E-state index contributed by atoms with van der Waals surface area (Å²) >= 11 is -0.826. The molecule has 66 heavy (non-hydrogen) atoms. The third-order valence-corrected chi connectivity index (χ3v) is 14.2. The molecule has 0 atom stereocenters. The molecule has 1 heterocycles. The van der Waals surface area contributed by atoms with E-state index >= 15 is 0 Å². The zero-order valence-corrected chi connectivity index (χ0v) is 46.8. The standard InChI is InChI=1S/2C25H31.C12H7Si.2ClH.Zr/c2*1-16(2)20-10-8-9-11-22(20)24-21(17(3)4)13-12-18-14-19(15-23(18)24)25(5,6)7;1-3-7-11-9(5-1)10-6-2-4-8-12(10)13-11;;;/h2*8-17H,1-7H3;1-7H;2*1H;/q3*-1;;;+2/p-2. The average molecular weight is 1000 g/mol. The van der Waals surface area contributed by atoms with E-state index in [1.165, 1.54) is 98.7 Å². The zero-order valence-electron chi connectivity index (χ0n) is 41.8. The van der Waals surface area contributed by atoms with E-state index in [0.717, 1.165) is 9.52 Å². The minimum atomic E-state index is -0.826. The van der Waals surface area contributed by atoms with E-state index in [9.17, 15) is 0 Å². The van der Waals surface area contributed by atoms with Crippen molar-refractivity contribution in [3.05, 3.63) is 179 Å². The molecule has 0 nitrogen and oxygen atoms in total. The van der Waals surface area contributed by atoms with Crippen LogP contribution in [-0.2, 0) is 31.7 Å². The van der Waals surface area contributed by atoms with Crippen molar-refractivity contribution in [2.45, 2.75) is 131 Å². The Balaban J connectivity index is 0.000000166. The molecule has 2 radical (unpaired) electrons. The van der Waals surface area contributed by atoms with Gasteiger partial charge in [0.15, 0.2) is 0 Å². The molecule has 0 fully saturated rings. The van der Waals surface area contributed by atoms with Gasteiger partial charge in [0.25, 0.3) is 0 Å². The molecule has 8 aromatic carbocycles. The van der Waals surface area contributed by atoms with Crippen molar-refractivity contribution in [2.24, 2.45) is 0 Å². The monoisotopic (exact) mass is 1000 g/mol. The van der Waals surface area contributed by atoms with Gasteiger partial charge in [-0.05, 0) is 56.8 Å². The molecule has 1 aliphatic rings. The summed E-state index contributed by atoms with van der Waals surface area (Å²) in [5.41, 5.74) is 17.4. The van der Waals surface area contributed by atoms with Crippen LogP contribution in [-0.4, -0.2) is 9.52 Å². The van der Waals surface area contributed by atoms with Crippen LogP contribution in [0.25, 0.3) is 54.9 Å². The largest absolute Gasteiger partial charge is 0.184 e. The van der Waals surface area contributed by atoms with Crippen LogP contribution in [0.15, 0.2) is 140 Å². The Bertz CT molecular complexity index is 2680. The summed E-state index contributed by atoms with van der Waals surface area (Å²) in [4.78, 5) is 0. The Morgan fingerprint density at radius 2 is 0.848 bits per heavy atom. The second kappa shape index (κ2) is 22.1. The van der Waals surface area contributed by atoms with Crippen molar-refractivity contribution in [3.8, 4) is 33.4 Å². The van der Waals surface area contributed by atoms with Gasteiger partial charge in [-0.3, -0.25) is 0 Å². The van der Waals surface area contributed by atoms with Crippen molar-refractivity contribution in [1.29, 1.82) is 0 Å². The van der Waals surface area contributed by atoms with Crippen molar-refractivity contribution >= 4 is 58.5 Å². The maximum atomic E-state index is 4.93. The van der Waals surface area contributed by atoms with Gasteiger partial charge in [-0.15, -0.1) is 74.6 Å². The van der Waals surface area contributed by atoms with Crippen LogP contribution in [0.3, 0.4) is 0 Å². The summed E-state index contributed by atoms with van der Waals surface area (Å²) < 4.78 is 0. The van der Waals surface area contributed by atoms with E-state index < -0.39 is 20.8 Å². The summed E-state index contributed by atoms with van der Waals surface area (Å²) in [7, 11) is 10.7. The summed E-state index contributed by atoms with van der Waals surface area (Å²) in [5.74, 6) is 2.05. The van der Waals surface area contributed by atoms with Gasteiger partial charge in [0.1, 0.15) is 0 Å². The van der Waals surface area contributed by atoms with Crippen LogP contribution >= 0.6 is 17.0 Å². The number of benzene rings is 6. The first-order valence-electron chi connectivity index (χ1n) is 23.8. The summed E-state index contributed by atoms with van der Waals surface area (Å²) in [6.07, 6.45) is 0. The van der Waals surface area contributed by atoms with Crippen LogP contribution in [0.1, 0.15) is 154 Å². The van der Waals surface area contributed by atoms with E-state index in [0.29, 0.717) is 23.7 Å². The Kier molecular flexibility index (Phi) is 17.3. The van der Waals surface area contributed by atoms with Gasteiger partial charge in [0.05, 0.1) is 9.52 Å². The molecule has 1 aliphatic heterocycles. The Hall–Kier alpha value is -3.78. The van der Waals surface area contributed by atoms with Crippen LogP contribution in [0.2, 0.25) is 0 Å². The van der Waals surface area contributed by atoms with Gasteiger partial charge in [0.2, 0.25) is 0 Å². The van der Waals surface area contributed by atoms with Crippen LogP contribution in [0.5, 0.6) is 0 Å². The molecule has 0 amide bonds. The molecular formula is C62H69Cl2SiZr-3. The average Bonchev–Trinajstić information content (AvgIpc) is 4.02. The molecule has 0 N–H and O–H groups in total. The number of hydrogen-bond acceptors (Lipinski definition) is 0. The SMILES string of the molecule is CC(C)c1ccccc1-c1c(C(C)C)ccc2[cH-]c(C(C)(C)C)cc12.CC(C)c1ccccc1-c1c(C(C)C)ccc2[cH-]c(C(C)(C)C)cc12.[Cl][Zr][Cl].[c-]1cccc2c1[Si]c1ccccc1-2. The van der Waals surface area contributed by atoms with E-state index in [2.05, 4.69) is 236 Å². The van der Waals surface area contributed by atoms with Crippen LogP contribution in [0, 0.1) is 6.07 Å². The van der Waals surface area contributed by atoms with E-state index in [-0.39, 0.29) is 10.8 Å². The number of fused-ring (bicyclic) bond motifs is 5. The molecule has 0 spiro atoms. The number of halogens is 2. The van der Waals surface area contributed by atoms with E-state index in [4.69, 9.17) is 17.0 Å². The zero-order chi connectivity index (χ0) is 48.1. The first kappa shape index (κ1) is 51.6. The molecule has 0 saturated heterocycles. The van der Waals surface area contributed by atoms with Crippen molar-refractivity contribution in [3.63, 3.8) is 0 Å². The minimum Gasteiger partial charge on any atom is -0.184 e. The molecular weight excluding hydrogens is 935 g/mol. The molecule has 0 aliphatic carbocycles. The normalized spacial score (nSPS) is 12.1. The van der Waals surface area contributed by atoms with Crippen LogP contribution < -0.4 is 10.4 Å². The Labute approximate surface area is 419 Å². The fourth-order valence-electron chi connectivity index (χ4n) is 9.21. The molecule has 8 aromatic rings. The first-order valence-corrected chi connectivity index (χ1v) is 31.1. The van der Waals surface area contributed by atoms with Gasteiger partial charge < -0.3 is 0 Å². The van der Waals surface area contributed by atoms with Crippen molar-refractivity contribution in [2.75, 3.05) is 0 Å². The molecule has 0 aromatic heterocycles. The molecule has 4 heteroatoms. The van der Waals surface area contributed by atoms with E-state index in [1.54, 1.807) is 0 Å². The van der Waals surface area contributed by atoms with Gasteiger partial charge >= 0.3 is 37.9 Å². The van der Waals surface area contributed by atoms with Gasteiger partial charge in [0, 0.05) is 0 Å². The second-order valence-electron chi connectivity index (χ2n) is 21.0. The Morgan fingerprint density at radius 1 is 0.470 bits per heavy atom. The Morgan fingerprint density at radius 3 is 1.26 bits per heavy atom. The van der Waals surface area contributed by atoms with Crippen LogP contribution in [0.4, 0.5) is 0 Å². The van der Waals surface area contributed by atoms with Crippen molar-refractivity contribution in [1.82, 2.24) is 0 Å². The molecule has 342 valence electrons. The fraction of sp³-hybridized carbons (Fsp3) is 0.323. The molecule has 0 bridgehead atoms. The number of hydrogen-bond donors (Lipinski definition) is 0. The maximum absolute atomic E-state index is 4.93. The van der Waals surface area contributed by atoms with E-state index in [1.807, 2.05) is 6.07 Å². The van der Waals surface area contributed by atoms with Gasteiger partial charge in [-0.25, -0.2) is 0 Å². The smallest absolute Gasteiger partial charge is 0.0920 e. The minimum absolute atomic E-state index is 0.172. The predicted octanol–water partition coefficient (Wildman–Crippen LogP) is 18.0.